The quantitative estimate of drug-likeness (QED) is 0.591. The normalized spacial score (nSPS) is 18.9. The van der Waals surface area contributed by atoms with Crippen molar-refractivity contribution in [2.75, 3.05) is 18.5 Å². The average Bonchev–Trinajstić information content (AvgIpc) is 2.24. The van der Waals surface area contributed by atoms with E-state index in [4.69, 9.17) is 0 Å². The molecule has 0 N–H and O–H groups in total. The van der Waals surface area contributed by atoms with Crippen molar-refractivity contribution in [2.45, 2.75) is 19.3 Å². The lowest BCUT2D eigenvalue weighted by Crippen LogP contribution is -2.25. The number of hydrogen-bond acceptors (Lipinski definition) is 1. The SMILES string of the molecule is CN1CC(C)(C)c2c(F)cccc21. The van der Waals surface area contributed by atoms with E-state index in [0.29, 0.717) is 0 Å². The largest absolute Gasteiger partial charge is 0.373 e. The van der Waals surface area contributed by atoms with Gasteiger partial charge in [0.2, 0.25) is 0 Å². The van der Waals surface area contributed by atoms with Crippen LogP contribution in [-0.2, 0) is 5.41 Å². The zero-order valence-corrected chi connectivity index (χ0v) is 8.26. The maximum atomic E-state index is 13.5. The Balaban J connectivity index is 2.66. The topological polar surface area (TPSA) is 3.24 Å². The molecule has 70 valence electrons. The molecule has 1 nitrogen and oxygen atoms in total. The molecular formula is C11H14FN. The minimum Gasteiger partial charge on any atom is -0.373 e. The van der Waals surface area contributed by atoms with Crippen LogP contribution >= 0.6 is 0 Å². The predicted octanol–water partition coefficient (Wildman–Crippen LogP) is 2.55. The molecular weight excluding hydrogens is 165 g/mol. The molecule has 0 radical (unpaired) electrons. The number of halogens is 1. The second kappa shape index (κ2) is 2.47. The molecule has 2 heteroatoms. The number of rotatable bonds is 0. The van der Waals surface area contributed by atoms with Crippen molar-refractivity contribution in [3.05, 3.63) is 29.6 Å². The first kappa shape index (κ1) is 8.54. The molecule has 2 rings (SSSR count). The third-order valence-electron chi connectivity index (χ3n) is 2.71. The summed E-state index contributed by atoms with van der Waals surface area (Å²) < 4.78 is 13.5. The minimum atomic E-state index is -0.0770. The van der Waals surface area contributed by atoms with Crippen molar-refractivity contribution >= 4 is 5.69 Å². The van der Waals surface area contributed by atoms with Crippen LogP contribution in [0.15, 0.2) is 18.2 Å². The summed E-state index contributed by atoms with van der Waals surface area (Å²) in [6.45, 7) is 5.06. The van der Waals surface area contributed by atoms with E-state index in [9.17, 15) is 4.39 Å². The molecule has 0 bridgehead atoms. The van der Waals surface area contributed by atoms with Crippen molar-refractivity contribution in [1.82, 2.24) is 0 Å². The van der Waals surface area contributed by atoms with Crippen LogP contribution in [0.4, 0.5) is 10.1 Å². The lowest BCUT2D eigenvalue weighted by Gasteiger charge is -2.18. The van der Waals surface area contributed by atoms with Gasteiger partial charge in [-0.1, -0.05) is 19.9 Å². The Morgan fingerprint density at radius 1 is 1.38 bits per heavy atom. The van der Waals surface area contributed by atoms with Crippen LogP contribution in [-0.4, -0.2) is 13.6 Å². The van der Waals surface area contributed by atoms with Gasteiger partial charge >= 0.3 is 0 Å². The number of hydrogen-bond donors (Lipinski definition) is 0. The molecule has 1 aromatic rings. The molecule has 0 unspecified atom stereocenters. The minimum absolute atomic E-state index is 0.0601. The molecule has 0 spiro atoms. The Morgan fingerprint density at radius 2 is 2.08 bits per heavy atom. The number of nitrogens with zero attached hydrogens (tertiary/aromatic N) is 1. The van der Waals surface area contributed by atoms with E-state index in [0.717, 1.165) is 17.8 Å². The second-order valence-corrected chi connectivity index (χ2v) is 4.37. The van der Waals surface area contributed by atoms with E-state index in [1.807, 2.05) is 13.1 Å². The van der Waals surface area contributed by atoms with Gasteiger partial charge in [-0.05, 0) is 12.1 Å². The zero-order valence-electron chi connectivity index (χ0n) is 8.26. The molecule has 0 amide bonds. The standard InChI is InChI=1S/C11H14FN/c1-11(2)7-13(3)9-6-4-5-8(12)10(9)11/h4-6H,7H2,1-3H3. The molecule has 1 heterocycles. The fourth-order valence-electron chi connectivity index (χ4n) is 2.26. The summed E-state index contributed by atoms with van der Waals surface area (Å²) >= 11 is 0. The average molecular weight is 179 g/mol. The van der Waals surface area contributed by atoms with E-state index in [2.05, 4.69) is 18.7 Å². The highest BCUT2D eigenvalue weighted by Crippen LogP contribution is 2.40. The van der Waals surface area contributed by atoms with Gasteiger partial charge in [0.15, 0.2) is 0 Å². The van der Waals surface area contributed by atoms with Crippen molar-refractivity contribution < 1.29 is 4.39 Å². The Bertz CT molecular complexity index is 344. The maximum Gasteiger partial charge on any atom is 0.129 e. The van der Waals surface area contributed by atoms with E-state index in [1.54, 1.807) is 12.1 Å². The van der Waals surface area contributed by atoms with Crippen LogP contribution in [0.25, 0.3) is 0 Å². The highest BCUT2D eigenvalue weighted by molar-refractivity contribution is 5.61. The number of likely N-dealkylation sites (N-methyl/N-ethyl adjacent to an activating group) is 1. The Kier molecular flexibility index (Phi) is 1.62. The van der Waals surface area contributed by atoms with Gasteiger partial charge in [-0.3, -0.25) is 0 Å². The lowest BCUT2D eigenvalue weighted by molar-refractivity contribution is 0.517. The molecule has 0 aromatic heterocycles. The van der Waals surface area contributed by atoms with Gasteiger partial charge in [0.25, 0.3) is 0 Å². The summed E-state index contributed by atoms with van der Waals surface area (Å²) in [5.41, 5.74) is 1.83. The summed E-state index contributed by atoms with van der Waals surface area (Å²) in [5.74, 6) is -0.0770. The Morgan fingerprint density at radius 3 is 2.69 bits per heavy atom. The van der Waals surface area contributed by atoms with Gasteiger partial charge < -0.3 is 4.90 Å². The number of benzene rings is 1. The van der Waals surface area contributed by atoms with Crippen LogP contribution in [0.1, 0.15) is 19.4 Å². The summed E-state index contributed by atoms with van der Waals surface area (Å²) in [4.78, 5) is 2.11. The van der Waals surface area contributed by atoms with Crippen LogP contribution in [0, 0.1) is 5.82 Å². The lowest BCUT2D eigenvalue weighted by atomic mass is 9.87. The molecule has 0 saturated heterocycles. The van der Waals surface area contributed by atoms with Crippen molar-refractivity contribution in [3.8, 4) is 0 Å². The van der Waals surface area contributed by atoms with E-state index >= 15 is 0 Å². The Hall–Kier alpha value is -1.05. The molecule has 1 aliphatic rings. The van der Waals surface area contributed by atoms with Gasteiger partial charge in [-0.25, -0.2) is 4.39 Å². The first-order valence-corrected chi connectivity index (χ1v) is 4.52. The monoisotopic (exact) mass is 179 g/mol. The fourth-order valence-corrected chi connectivity index (χ4v) is 2.26. The van der Waals surface area contributed by atoms with Crippen molar-refractivity contribution in [2.24, 2.45) is 0 Å². The van der Waals surface area contributed by atoms with Crippen molar-refractivity contribution in [1.29, 1.82) is 0 Å². The van der Waals surface area contributed by atoms with Crippen LogP contribution in [0.2, 0.25) is 0 Å². The summed E-state index contributed by atoms with van der Waals surface area (Å²) in [6, 6.07) is 5.29. The highest BCUT2D eigenvalue weighted by Gasteiger charge is 2.35. The Labute approximate surface area is 78.2 Å². The van der Waals surface area contributed by atoms with Crippen LogP contribution < -0.4 is 4.90 Å². The van der Waals surface area contributed by atoms with Crippen LogP contribution in [0.5, 0.6) is 0 Å². The van der Waals surface area contributed by atoms with Gasteiger partial charge in [0, 0.05) is 30.3 Å². The summed E-state index contributed by atoms with van der Waals surface area (Å²) in [6.07, 6.45) is 0. The predicted molar refractivity (Wildman–Crippen MR) is 52.7 cm³/mol. The van der Waals surface area contributed by atoms with E-state index < -0.39 is 0 Å². The first-order chi connectivity index (χ1) is 6.02. The number of fused-ring (bicyclic) bond motifs is 1. The zero-order chi connectivity index (χ0) is 9.64. The van der Waals surface area contributed by atoms with Gasteiger partial charge in [0.1, 0.15) is 5.82 Å². The molecule has 0 atom stereocenters. The maximum absolute atomic E-state index is 13.5. The fraction of sp³-hybridized carbons (Fsp3) is 0.455. The molecule has 13 heavy (non-hydrogen) atoms. The molecule has 0 saturated carbocycles. The van der Waals surface area contributed by atoms with Crippen LogP contribution in [0.3, 0.4) is 0 Å². The molecule has 1 aliphatic heterocycles. The summed E-state index contributed by atoms with van der Waals surface area (Å²) in [7, 11) is 2.01. The van der Waals surface area contributed by atoms with Gasteiger partial charge in [-0.2, -0.15) is 0 Å². The molecule has 0 fully saturated rings. The molecule has 0 aliphatic carbocycles. The second-order valence-electron chi connectivity index (χ2n) is 4.37. The highest BCUT2D eigenvalue weighted by atomic mass is 19.1. The van der Waals surface area contributed by atoms with Gasteiger partial charge in [0.05, 0.1) is 0 Å². The number of anilines is 1. The van der Waals surface area contributed by atoms with E-state index in [-0.39, 0.29) is 11.2 Å². The smallest absolute Gasteiger partial charge is 0.129 e. The van der Waals surface area contributed by atoms with Crippen molar-refractivity contribution in [3.63, 3.8) is 0 Å². The third kappa shape index (κ3) is 1.12. The summed E-state index contributed by atoms with van der Waals surface area (Å²) in [5, 5.41) is 0. The third-order valence-corrected chi connectivity index (χ3v) is 2.71. The molecule has 1 aromatic carbocycles. The van der Waals surface area contributed by atoms with E-state index in [1.165, 1.54) is 0 Å². The first-order valence-electron chi connectivity index (χ1n) is 4.52. The van der Waals surface area contributed by atoms with Gasteiger partial charge in [-0.15, -0.1) is 0 Å².